The Balaban J connectivity index is 2.50. The number of fused-ring (bicyclic) bond motifs is 1. The van der Waals surface area contributed by atoms with E-state index < -0.39 is 0 Å². The number of halogens is 1. The predicted molar refractivity (Wildman–Crippen MR) is 88.9 cm³/mol. The first kappa shape index (κ1) is 15.7. The Hall–Kier alpha value is -2.73. The van der Waals surface area contributed by atoms with Crippen LogP contribution in [0.15, 0.2) is 41.5 Å². The molecule has 0 atom stereocenters. The van der Waals surface area contributed by atoms with Crippen LogP contribution in [-0.2, 0) is 4.79 Å². The number of amidine groups is 1. The highest BCUT2D eigenvalue weighted by Crippen LogP contribution is 2.23. The largest absolute Gasteiger partial charge is 0.387 e. The zero-order valence-electron chi connectivity index (χ0n) is 11.8. The Labute approximate surface area is 132 Å². The molecule has 6 nitrogen and oxygen atoms in total. The maximum Gasteiger partial charge on any atom is 0.252 e. The third-order valence-electron chi connectivity index (χ3n) is 2.58. The van der Waals surface area contributed by atoms with E-state index in [2.05, 4.69) is 20.3 Å². The number of hydrogen-bond acceptors (Lipinski definition) is 4. The lowest BCUT2D eigenvalue weighted by Gasteiger charge is -2.04. The van der Waals surface area contributed by atoms with E-state index in [0.717, 1.165) is 5.39 Å². The van der Waals surface area contributed by atoms with Crippen LogP contribution in [0.2, 0.25) is 5.02 Å². The second kappa shape index (κ2) is 7.33. The number of benzene rings is 1. The van der Waals surface area contributed by atoms with Gasteiger partial charge < -0.3 is 11.1 Å². The molecule has 3 N–H and O–H groups in total. The van der Waals surface area contributed by atoms with E-state index >= 15 is 0 Å². The van der Waals surface area contributed by atoms with Crippen molar-refractivity contribution in [3.05, 3.63) is 47.3 Å². The van der Waals surface area contributed by atoms with Gasteiger partial charge in [-0.15, -0.1) is 0 Å². The molecule has 22 heavy (non-hydrogen) atoms. The number of carbonyl (C=O) groups excluding carboxylic acids is 1. The first-order valence-electron chi connectivity index (χ1n) is 6.41. The summed E-state index contributed by atoms with van der Waals surface area (Å²) >= 11 is 6.03. The van der Waals surface area contributed by atoms with Gasteiger partial charge in [-0.1, -0.05) is 17.7 Å². The van der Waals surface area contributed by atoms with E-state index in [1.54, 1.807) is 43.4 Å². The fourth-order valence-corrected chi connectivity index (χ4v) is 1.92. The summed E-state index contributed by atoms with van der Waals surface area (Å²) in [5, 5.41) is 3.81. The second-order valence-corrected chi connectivity index (χ2v) is 4.76. The fourth-order valence-electron chi connectivity index (χ4n) is 1.74. The minimum Gasteiger partial charge on any atom is -0.387 e. The summed E-state index contributed by atoms with van der Waals surface area (Å²) in [6, 6.07) is 5.33. The molecule has 2 rings (SSSR count). The summed E-state index contributed by atoms with van der Waals surface area (Å²) in [5.74, 6) is 0.655. The van der Waals surface area contributed by atoms with Crippen molar-refractivity contribution < 1.29 is 4.79 Å². The van der Waals surface area contributed by atoms with Crippen molar-refractivity contribution in [1.29, 1.82) is 0 Å². The highest BCUT2D eigenvalue weighted by Gasteiger charge is 2.06. The number of hydrogen-bond donors (Lipinski definition) is 2. The molecule has 0 spiro atoms. The molecule has 0 fully saturated rings. The summed E-state index contributed by atoms with van der Waals surface area (Å²) in [4.78, 5) is 22.9. The fraction of sp³-hybridized carbons (Fsp3) is 0.0667. The van der Waals surface area contributed by atoms with Crippen molar-refractivity contribution in [2.75, 3.05) is 0 Å². The number of nitrogens with one attached hydrogen (secondary N) is 1. The number of carbonyl (C=O) groups is 1. The van der Waals surface area contributed by atoms with Crippen LogP contribution in [0.25, 0.3) is 17.0 Å². The molecule has 112 valence electrons. The molecule has 0 radical (unpaired) electrons. The molecule has 7 heteroatoms. The normalized spacial score (nSPS) is 12.4. The summed E-state index contributed by atoms with van der Waals surface area (Å²) < 4.78 is 0. The zero-order chi connectivity index (χ0) is 15.9. The predicted octanol–water partition coefficient (Wildman–Crippen LogP) is 2.56. The highest BCUT2D eigenvalue weighted by molar-refractivity contribution is 6.31. The maximum absolute atomic E-state index is 10.1. The number of amides is 1. The van der Waals surface area contributed by atoms with E-state index in [4.69, 9.17) is 17.3 Å². The van der Waals surface area contributed by atoms with Gasteiger partial charge in [0.2, 0.25) is 6.41 Å². The number of aromatic nitrogens is 2. The molecular weight excluding hydrogens is 302 g/mol. The second-order valence-electron chi connectivity index (χ2n) is 4.33. The molecule has 0 bridgehead atoms. The first-order valence-corrected chi connectivity index (χ1v) is 6.79. The molecular formula is C15H14ClN5O. The number of aliphatic imine (C=N–C) groups is 1. The van der Waals surface area contributed by atoms with Crippen LogP contribution in [0.3, 0.4) is 0 Å². The average molecular weight is 316 g/mol. The molecule has 0 unspecified atom stereocenters. The van der Waals surface area contributed by atoms with Crippen molar-refractivity contribution in [2.45, 2.75) is 6.92 Å². The highest BCUT2D eigenvalue weighted by atomic mass is 35.5. The van der Waals surface area contributed by atoms with Crippen LogP contribution in [0, 0.1) is 0 Å². The van der Waals surface area contributed by atoms with Crippen LogP contribution in [-0.4, -0.2) is 22.2 Å². The molecule has 2 aromatic rings. The smallest absolute Gasteiger partial charge is 0.252 e. The summed E-state index contributed by atoms with van der Waals surface area (Å²) in [5.41, 5.74) is 6.95. The lowest BCUT2D eigenvalue weighted by Crippen LogP contribution is -2.05. The summed E-state index contributed by atoms with van der Waals surface area (Å²) in [6.45, 7) is 1.67. The number of rotatable bonds is 5. The maximum atomic E-state index is 10.1. The van der Waals surface area contributed by atoms with Crippen LogP contribution >= 0.6 is 11.6 Å². The average Bonchev–Trinajstić information content (AvgIpc) is 2.47. The Morgan fingerprint density at radius 1 is 1.36 bits per heavy atom. The van der Waals surface area contributed by atoms with Crippen molar-refractivity contribution >= 4 is 46.8 Å². The van der Waals surface area contributed by atoms with Gasteiger partial charge in [0, 0.05) is 16.6 Å². The van der Waals surface area contributed by atoms with Crippen molar-refractivity contribution in [3.63, 3.8) is 0 Å². The molecule has 0 saturated carbocycles. The van der Waals surface area contributed by atoms with E-state index in [0.29, 0.717) is 28.5 Å². The minimum atomic E-state index is 0.282. The number of allylic oxidation sites excluding steroid dienone is 2. The van der Waals surface area contributed by atoms with E-state index in [1.165, 1.54) is 6.20 Å². The first-order chi connectivity index (χ1) is 10.6. The van der Waals surface area contributed by atoms with Gasteiger partial charge in [-0.25, -0.2) is 9.97 Å². The third-order valence-corrected chi connectivity index (χ3v) is 2.81. The quantitative estimate of drug-likeness (QED) is 0.384. The van der Waals surface area contributed by atoms with Crippen molar-refractivity contribution in [2.24, 2.45) is 10.7 Å². The molecule has 0 aliphatic rings. The van der Waals surface area contributed by atoms with Gasteiger partial charge in [-0.05, 0) is 37.3 Å². The number of nitrogens with two attached hydrogens (primary N) is 1. The zero-order valence-corrected chi connectivity index (χ0v) is 12.6. The van der Waals surface area contributed by atoms with Gasteiger partial charge >= 0.3 is 0 Å². The van der Waals surface area contributed by atoms with Crippen LogP contribution in [0.1, 0.15) is 12.6 Å². The Morgan fingerprint density at radius 2 is 2.18 bits per heavy atom. The molecule has 1 aromatic heterocycles. The molecule has 1 amide bonds. The Bertz CT molecular complexity index is 779. The third kappa shape index (κ3) is 4.13. The monoisotopic (exact) mass is 315 g/mol. The topological polar surface area (TPSA) is 93.3 Å². The van der Waals surface area contributed by atoms with Gasteiger partial charge in [0.05, 0.1) is 17.0 Å². The van der Waals surface area contributed by atoms with E-state index in [1.807, 2.05) is 0 Å². The Morgan fingerprint density at radius 3 is 2.91 bits per heavy atom. The van der Waals surface area contributed by atoms with Gasteiger partial charge in [0.25, 0.3) is 5.95 Å². The number of nitrogens with zero attached hydrogens (tertiary/aromatic N) is 3. The molecule has 1 aromatic carbocycles. The van der Waals surface area contributed by atoms with Gasteiger partial charge in [0.15, 0.2) is 0 Å². The van der Waals surface area contributed by atoms with Gasteiger partial charge in [0.1, 0.15) is 0 Å². The van der Waals surface area contributed by atoms with Crippen molar-refractivity contribution in [1.82, 2.24) is 15.3 Å². The standard InChI is InChI=1S/C15H14ClN5O/c1-10(17)19-15-20-13(4-2-3-7-18-9-22)12-8-11(16)5-6-14(12)21-15/h2-9H,1H3,(H,18,22)(H2,17,19,20,21)/b4-2-,7-3-. The molecule has 0 aliphatic heterocycles. The molecule has 1 heterocycles. The van der Waals surface area contributed by atoms with Crippen molar-refractivity contribution in [3.8, 4) is 0 Å². The van der Waals surface area contributed by atoms with E-state index in [-0.39, 0.29) is 5.95 Å². The summed E-state index contributed by atoms with van der Waals surface area (Å²) in [6.07, 6.45) is 7.27. The summed E-state index contributed by atoms with van der Waals surface area (Å²) in [7, 11) is 0. The van der Waals surface area contributed by atoms with Gasteiger partial charge in [-0.2, -0.15) is 4.99 Å². The minimum absolute atomic E-state index is 0.282. The molecule has 0 aliphatic carbocycles. The Kier molecular flexibility index (Phi) is 5.21. The van der Waals surface area contributed by atoms with Crippen LogP contribution in [0.5, 0.6) is 0 Å². The van der Waals surface area contributed by atoms with Crippen LogP contribution < -0.4 is 11.1 Å². The lowest BCUT2D eigenvalue weighted by molar-refractivity contribution is -0.108. The van der Waals surface area contributed by atoms with E-state index in [9.17, 15) is 4.79 Å². The van der Waals surface area contributed by atoms with Crippen LogP contribution in [0.4, 0.5) is 5.95 Å². The molecule has 0 saturated heterocycles. The SMILES string of the molecule is C/C(N)=N\c1nc(/C=C\C=C/NC=O)c2cc(Cl)ccc2n1. The van der Waals surface area contributed by atoms with Gasteiger partial charge in [-0.3, -0.25) is 4.79 Å². The lowest BCUT2D eigenvalue weighted by atomic mass is 10.2.